The Bertz CT molecular complexity index is 518. The number of benzene rings is 1. The van der Waals surface area contributed by atoms with Crippen LogP contribution in [0.1, 0.15) is 6.42 Å². The van der Waals surface area contributed by atoms with Crippen molar-refractivity contribution in [2.45, 2.75) is 6.42 Å². The summed E-state index contributed by atoms with van der Waals surface area (Å²) < 4.78 is 14.1. The normalized spacial score (nSPS) is 14.9. The second-order valence-corrected chi connectivity index (χ2v) is 5.34. The van der Waals surface area contributed by atoms with E-state index in [0.29, 0.717) is 17.6 Å². The molecule has 1 aliphatic rings. The van der Waals surface area contributed by atoms with E-state index in [1.807, 2.05) is 0 Å². The van der Waals surface area contributed by atoms with Gasteiger partial charge in [0.25, 0.3) is 0 Å². The number of nitrogens with one attached hydrogen (secondary N) is 1. The molecule has 1 fully saturated rings. The molecule has 1 aromatic carbocycles. The summed E-state index contributed by atoms with van der Waals surface area (Å²) in [6.07, 6.45) is 0.0520. The maximum absolute atomic E-state index is 13.5. The van der Waals surface area contributed by atoms with Crippen molar-refractivity contribution in [3.05, 3.63) is 28.5 Å². The molecule has 0 aliphatic carbocycles. The van der Waals surface area contributed by atoms with E-state index in [9.17, 15) is 14.0 Å². The standard InChI is InChI=1S/C12H12BrFN2O3/c13-8-1-2-10(9(14)4-8)15-12(19)16-5-7(6-16)3-11(17)18/h1-2,4,7H,3,5-6H2,(H,15,19)(H,17,18). The number of carboxylic acids is 1. The Morgan fingerprint density at radius 1 is 1.47 bits per heavy atom. The van der Waals surface area contributed by atoms with Crippen molar-refractivity contribution < 1.29 is 19.1 Å². The highest BCUT2D eigenvalue weighted by molar-refractivity contribution is 9.10. The fraction of sp³-hybridized carbons (Fsp3) is 0.333. The van der Waals surface area contributed by atoms with Gasteiger partial charge in [-0.2, -0.15) is 0 Å². The first kappa shape index (κ1) is 13.8. The van der Waals surface area contributed by atoms with Gasteiger partial charge in [-0.25, -0.2) is 9.18 Å². The van der Waals surface area contributed by atoms with Crippen molar-refractivity contribution in [3.8, 4) is 0 Å². The topological polar surface area (TPSA) is 69.6 Å². The smallest absolute Gasteiger partial charge is 0.321 e. The molecule has 0 spiro atoms. The lowest BCUT2D eigenvalue weighted by molar-refractivity contribution is -0.139. The maximum Gasteiger partial charge on any atom is 0.321 e. The second-order valence-electron chi connectivity index (χ2n) is 4.42. The van der Waals surface area contributed by atoms with Crippen LogP contribution < -0.4 is 5.32 Å². The lowest BCUT2D eigenvalue weighted by atomic mass is 9.97. The van der Waals surface area contributed by atoms with Crippen LogP contribution >= 0.6 is 15.9 Å². The first-order valence-electron chi connectivity index (χ1n) is 5.68. The summed E-state index contributed by atoms with van der Waals surface area (Å²) in [6.45, 7) is 0.770. The minimum atomic E-state index is -0.871. The maximum atomic E-state index is 13.5. The number of aliphatic carboxylic acids is 1. The fourth-order valence-corrected chi connectivity index (χ4v) is 2.23. The number of carbonyl (C=O) groups excluding carboxylic acids is 1. The third-order valence-corrected chi connectivity index (χ3v) is 3.37. The van der Waals surface area contributed by atoms with Crippen LogP contribution in [-0.4, -0.2) is 35.1 Å². The van der Waals surface area contributed by atoms with Crippen LogP contribution in [0.4, 0.5) is 14.9 Å². The van der Waals surface area contributed by atoms with Gasteiger partial charge in [0.15, 0.2) is 0 Å². The molecule has 1 aromatic rings. The van der Waals surface area contributed by atoms with Gasteiger partial charge >= 0.3 is 12.0 Å². The molecule has 0 aromatic heterocycles. The van der Waals surface area contributed by atoms with E-state index >= 15 is 0 Å². The van der Waals surface area contributed by atoms with Crippen LogP contribution in [0.5, 0.6) is 0 Å². The van der Waals surface area contributed by atoms with Crippen LogP contribution in [0.2, 0.25) is 0 Å². The summed E-state index contributed by atoms with van der Waals surface area (Å²) >= 11 is 3.13. The van der Waals surface area contributed by atoms with Crippen molar-refractivity contribution in [1.82, 2.24) is 4.90 Å². The molecule has 7 heteroatoms. The molecule has 0 saturated carbocycles. The zero-order chi connectivity index (χ0) is 14.0. The Labute approximate surface area is 117 Å². The van der Waals surface area contributed by atoms with E-state index in [4.69, 9.17) is 5.11 Å². The summed E-state index contributed by atoms with van der Waals surface area (Å²) in [6, 6.07) is 3.94. The van der Waals surface area contributed by atoms with Gasteiger partial charge in [-0.05, 0) is 18.2 Å². The number of anilines is 1. The van der Waals surface area contributed by atoms with Gasteiger partial charge in [-0.3, -0.25) is 4.79 Å². The number of rotatable bonds is 3. The molecular weight excluding hydrogens is 319 g/mol. The predicted octanol–water partition coefficient (Wildman–Crippen LogP) is 2.53. The minimum Gasteiger partial charge on any atom is -0.481 e. The van der Waals surface area contributed by atoms with Crippen molar-refractivity contribution in [1.29, 1.82) is 0 Å². The van der Waals surface area contributed by atoms with Gasteiger partial charge in [-0.1, -0.05) is 15.9 Å². The number of urea groups is 1. The molecule has 102 valence electrons. The molecule has 5 nitrogen and oxygen atoms in total. The third-order valence-electron chi connectivity index (χ3n) is 2.88. The van der Waals surface area contributed by atoms with Crippen LogP contribution in [-0.2, 0) is 4.79 Å². The second kappa shape index (κ2) is 5.56. The Kier molecular flexibility index (Phi) is 4.04. The zero-order valence-corrected chi connectivity index (χ0v) is 11.5. The van der Waals surface area contributed by atoms with Crippen molar-refractivity contribution in [2.24, 2.45) is 5.92 Å². The van der Waals surface area contributed by atoms with Gasteiger partial charge in [0.05, 0.1) is 12.1 Å². The Hall–Kier alpha value is -1.63. The zero-order valence-electron chi connectivity index (χ0n) is 9.90. The number of carbonyl (C=O) groups is 2. The van der Waals surface area contributed by atoms with Gasteiger partial charge in [0.2, 0.25) is 0 Å². The molecule has 0 unspecified atom stereocenters. The van der Waals surface area contributed by atoms with E-state index in [1.165, 1.54) is 17.0 Å². The van der Waals surface area contributed by atoms with Crippen molar-refractivity contribution >= 4 is 33.6 Å². The molecule has 1 saturated heterocycles. The lowest BCUT2D eigenvalue weighted by Crippen LogP contribution is -2.52. The number of amides is 2. The van der Waals surface area contributed by atoms with Crippen LogP contribution in [0.25, 0.3) is 0 Å². The van der Waals surface area contributed by atoms with E-state index in [1.54, 1.807) is 6.07 Å². The number of likely N-dealkylation sites (tertiary alicyclic amines) is 1. The van der Waals surface area contributed by atoms with Crippen LogP contribution in [0.3, 0.4) is 0 Å². The quantitative estimate of drug-likeness (QED) is 0.894. The Morgan fingerprint density at radius 2 is 2.16 bits per heavy atom. The van der Waals surface area contributed by atoms with E-state index in [0.717, 1.165) is 0 Å². The molecule has 2 rings (SSSR count). The predicted molar refractivity (Wildman–Crippen MR) is 70.4 cm³/mol. The van der Waals surface area contributed by atoms with Gasteiger partial charge in [-0.15, -0.1) is 0 Å². The summed E-state index contributed by atoms with van der Waals surface area (Å²) in [4.78, 5) is 23.7. The minimum absolute atomic E-state index is 0.0157. The molecule has 19 heavy (non-hydrogen) atoms. The summed E-state index contributed by atoms with van der Waals surface area (Å²) in [5.74, 6) is -1.41. The largest absolute Gasteiger partial charge is 0.481 e. The summed E-state index contributed by atoms with van der Waals surface area (Å²) in [5.41, 5.74) is 0.106. The summed E-state index contributed by atoms with van der Waals surface area (Å²) in [7, 11) is 0. The number of hydrogen-bond acceptors (Lipinski definition) is 2. The molecule has 2 N–H and O–H groups in total. The monoisotopic (exact) mass is 330 g/mol. The molecule has 0 atom stereocenters. The van der Waals surface area contributed by atoms with Crippen molar-refractivity contribution in [2.75, 3.05) is 18.4 Å². The highest BCUT2D eigenvalue weighted by Gasteiger charge is 2.32. The fourth-order valence-electron chi connectivity index (χ4n) is 1.90. The number of halogens is 2. The van der Waals surface area contributed by atoms with Crippen molar-refractivity contribution in [3.63, 3.8) is 0 Å². The first-order chi connectivity index (χ1) is 8.95. The Balaban J connectivity index is 1.87. The molecule has 2 amide bonds. The molecular formula is C12H12BrFN2O3. The number of hydrogen-bond donors (Lipinski definition) is 2. The summed E-state index contributed by atoms with van der Waals surface area (Å²) in [5, 5.41) is 11.1. The van der Waals surface area contributed by atoms with Crippen LogP contribution in [0, 0.1) is 11.7 Å². The number of carboxylic acid groups (broad SMARTS) is 1. The van der Waals surface area contributed by atoms with E-state index < -0.39 is 17.8 Å². The van der Waals surface area contributed by atoms with Gasteiger partial charge < -0.3 is 15.3 Å². The molecule has 0 bridgehead atoms. The van der Waals surface area contributed by atoms with E-state index in [2.05, 4.69) is 21.2 Å². The average Bonchev–Trinajstić information content (AvgIpc) is 2.26. The van der Waals surface area contributed by atoms with Crippen LogP contribution in [0.15, 0.2) is 22.7 Å². The average molecular weight is 331 g/mol. The molecule has 1 aliphatic heterocycles. The third kappa shape index (κ3) is 3.44. The SMILES string of the molecule is O=C(O)CC1CN(C(=O)Nc2ccc(Br)cc2F)C1. The lowest BCUT2D eigenvalue weighted by Gasteiger charge is -2.38. The highest BCUT2D eigenvalue weighted by Crippen LogP contribution is 2.23. The molecule has 1 heterocycles. The van der Waals surface area contributed by atoms with Gasteiger partial charge in [0, 0.05) is 23.5 Å². The van der Waals surface area contributed by atoms with Gasteiger partial charge in [0.1, 0.15) is 5.82 Å². The number of nitrogens with zero attached hydrogens (tertiary/aromatic N) is 1. The molecule has 0 radical (unpaired) electrons. The first-order valence-corrected chi connectivity index (χ1v) is 6.48. The van der Waals surface area contributed by atoms with E-state index in [-0.39, 0.29) is 18.0 Å². The Morgan fingerprint density at radius 3 is 2.74 bits per heavy atom. The highest BCUT2D eigenvalue weighted by atomic mass is 79.9.